The first-order chi connectivity index (χ1) is 15.3. The summed E-state index contributed by atoms with van der Waals surface area (Å²) in [5.74, 6) is -0.519. The molecular weight excluding hydrogens is 425 g/mol. The number of carboxylic acids is 1. The van der Waals surface area contributed by atoms with Gasteiger partial charge >= 0.3 is 12.3 Å². The van der Waals surface area contributed by atoms with E-state index in [4.69, 9.17) is 4.74 Å². The average Bonchev–Trinajstić information content (AvgIpc) is 2.77. The summed E-state index contributed by atoms with van der Waals surface area (Å²) in [6.45, 7) is 1.01. The third kappa shape index (κ3) is 4.93. The van der Waals surface area contributed by atoms with Gasteiger partial charge in [-0.3, -0.25) is 4.98 Å². The van der Waals surface area contributed by atoms with E-state index in [0.29, 0.717) is 24.6 Å². The molecule has 2 aromatic carbocycles. The van der Waals surface area contributed by atoms with Gasteiger partial charge in [-0.2, -0.15) is 0 Å². The van der Waals surface area contributed by atoms with Gasteiger partial charge in [-0.1, -0.05) is 24.3 Å². The number of nitrogens with one attached hydrogen (secondary N) is 1. The number of carbonyl (C=O) groups is 1. The van der Waals surface area contributed by atoms with Gasteiger partial charge in [-0.05, 0) is 47.4 Å². The zero-order chi connectivity index (χ0) is 22.7. The maximum Gasteiger partial charge on any atom is 0.573 e. The highest BCUT2D eigenvalue weighted by atomic mass is 19.4. The van der Waals surface area contributed by atoms with Crippen LogP contribution in [0.2, 0.25) is 0 Å². The number of nitrogens with zero attached hydrogens (tertiary/aromatic N) is 1. The van der Waals surface area contributed by atoms with Crippen LogP contribution in [0.4, 0.5) is 18.9 Å². The molecule has 0 spiro atoms. The van der Waals surface area contributed by atoms with E-state index in [1.165, 1.54) is 30.6 Å². The Morgan fingerprint density at radius 2 is 1.91 bits per heavy atom. The van der Waals surface area contributed by atoms with Crippen LogP contribution in [0.1, 0.15) is 28.3 Å². The lowest BCUT2D eigenvalue weighted by molar-refractivity contribution is -0.274. The van der Waals surface area contributed by atoms with Crippen molar-refractivity contribution in [3.8, 4) is 22.6 Å². The van der Waals surface area contributed by atoms with Gasteiger partial charge in [-0.25, -0.2) is 4.79 Å². The molecule has 1 aliphatic rings. The number of hydrogen-bond acceptors (Lipinski definition) is 5. The molecule has 3 aromatic rings. The molecule has 166 valence electrons. The lowest BCUT2D eigenvalue weighted by atomic mass is 9.91. The number of carboxylic acid groups (broad SMARTS) is 1. The SMILES string of the molecule is O=C(O)c1ccncc1NCC1CCOc2cc(-c3ccc(OC(F)(F)F)cc3)ccc21. The number of anilines is 1. The second kappa shape index (κ2) is 8.78. The van der Waals surface area contributed by atoms with Crippen molar-refractivity contribution < 1.29 is 32.5 Å². The van der Waals surface area contributed by atoms with E-state index in [-0.39, 0.29) is 17.2 Å². The van der Waals surface area contributed by atoms with Crippen LogP contribution < -0.4 is 14.8 Å². The van der Waals surface area contributed by atoms with E-state index in [0.717, 1.165) is 23.1 Å². The van der Waals surface area contributed by atoms with E-state index >= 15 is 0 Å². The van der Waals surface area contributed by atoms with Gasteiger partial charge in [0.25, 0.3) is 0 Å². The Morgan fingerprint density at radius 1 is 1.16 bits per heavy atom. The largest absolute Gasteiger partial charge is 0.573 e. The number of pyridine rings is 1. The first-order valence-electron chi connectivity index (χ1n) is 9.84. The van der Waals surface area contributed by atoms with Gasteiger partial charge in [-0.15, -0.1) is 13.2 Å². The summed E-state index contributed by atoms with van der Waals surface area (Å²) in [4.78, 5) is 15.4. The maximum atomic E-state index is 12.3. The molecule has 4 rings (SSSR count). The quantitative estimate of drug-likeness (QED) is 0.535. The first-order valence-corrected chi connectivity index (χ1v) is 9.84. The summed E-state index contributed by atoms with van der Waals surface area (Å²) < 4.78 is 46.8. The predicted octanol–water partition coefficient (Wildman–Crippen LogP) is 5.32. The van der Waals surface area contributed by atoms with Crippen LogP contribution in [0.5, 0.6) is 11.5 Å². The Balaban J connectivity index is 1.50. The zero-order valence-corrected chi connectivity index (χ0v) is 16.7. The second-order valence-electron chi connectivity index (χ2n) is 7.27. The topological polar surface area (TPSA) is 80.7 Å². The first kappa shape index (κ1) is 21.5. The summed E-state index contributed by atoms with van der Waals surface area (Å²) in [7, 11) is 0. The monoisotopic (exact) mass is 444 g/mol. The number of aromatic carboxylic acids is 1. The van der Waals surface area contributed by atoms with Crippen molar-refractivity contribution in [3.05, 3.63) is 72.1 Å². The average molecular weight is 444 g/mol. The molecule has 1 aliphatic heterocycles. The molecule has 0 radical (unpaired) electrons. The van der Waals surface area contributed by atoms with Crippen LogP contribution in [0, 0.1) is 0 Å². The fraction of sp³-hybridized carbons (Fsp3) is 0.217. The fourth-order valence-corrected chi connectivity index (χ4v) is 3.66. The van der Waals surface area contributed by atoms with Gasteiger partial charge in [0.1, 0.15) is 11.5 Å². The molecule has 0 amide bonds. The minimum absolute atomic E-state index is 0.0946. The highest BCUT2D eigenvalue weighted by molar-refractivity contribution is 5.93. The van der Waals surface area contributed by atoms with Crippen LogP contribution in [-0.4, -0.2) is 35.6 Å². The van der Waals surface area contributed by atoms with Gasteiger partial charge < -0.3 is 19.9 Å². The third-order valence-electron chi connectivity index (χ3n) is 5.19. The van der Waals surface area contributed by atoms with Gasteiger partial charge in [0.2, 0.25) is 0 Å². The van der Waals surface area contributed by atoms with E-state index < -0.39 is 12.3 Å². The number of fused-ring (bicyclic) bond motifs is 1. The number of benzene rings is 2. The Morgan fingerprint density at radius 3 is 2.62 bits per heavy atom. The van der Waals surface area contributed by atoms with Crippen molar-refractivity contribution in [2.24, 2.45) is 0 Å². The zero-order valence-electron chi connectivity index (χ0n) is 16.7. The molecule has 0 saturated carbocycles. The molecule has 0 aliphatic carbocycles. The molecule has 1 aromatic heterocycles. The third-order valence-corrected chi connectivity index (χ3v) is 5.19. The van der Waals surface area contributed by atoms with E-state index in [9.17, 15) is 23.1 Å². The molecule has 2 N–H and O–H groups in total. The molecule has 6 nitrogen and oxygen atoms in total. The summed E-state index contributed by atoms with van der Waals surface area (Å²) in [6.07, 6.45) is -1.06. The summed E-state index contributed by atoms with van der Waals surface area (Å²) in [5, 5.41) is 12.5. The highest BCUT2D eigenvalue weighted by Gasteiger charge is 2.31. The number of alkyl halides is 3. The van der Waals surface area contributed by atoms with Crippen molar-refractivity contribution in [2.75, 3.05) is 18.5 Å². The molecule has 0 bridgehead atoms. The molecule has 1 unspecified atom stereocenters. The fourth-order valence-electron chi connectivity index (χ4n) is 3.66. The second-order valence-corrected chi connectivity index (χ2v) is 7.27. The Kier molecular flexibility index (Phi) is 5.89. The standard InChI is InChI=1S/C23H19F3N2O4/c24-23(25,26)32-17-4-1-14(2-5-17)15-3-6-18-16(8-10-31-21(18)11-15)12-28-20-13-27-9-7-19(20)22(29)30/h1-7,9,11,13,16,28H,8,10,12H2,(H,29,30). The van der Waals surface area contributed by atoms with Crippen molar-refractivity contribution in [2.45, 2.75) is 18.7 Å². The van der Waals surface area contributed by atoms with E-state index in [2.05, 4.69) is 15.0 Å². The van der Waals surface area contributed by atoms with Crippen LogP contribution >= 0.6 is 0 Å². The lowest BCUT2D eigenvalue weighted by Crippen LogP contribution is -2.21. The minimum Gasteiger partial charge on any atom is -0.493 e. The van der Waals surface area contributed by atoms with Gasteiger partial charge in [0.05, 0.1) is 24.1 Å². The van der Waals surface area contributed by atoms with Crippen molar-refractivity contribution >= 4 is 11.7 Å². The van der Waals surface area contributed by atoms with Crippen molar-refractivity contribution in [1.29, 1.82) is 0 Å². The molecule has 1 atom stereocenters. The Bertz CT molecular complexity index is 1120. The number of hydrogen-bond donors (Lipinski definition) is 2. The van der Waals surface area contributed by atoms with Crippen molar-refractivity contribution in [1.82, 2.24) is 4.98 Å². The van der Waals surface area contributed by atoms with Crippen LogP contribution in [0.25, 0.3) is 11.1 Å². The Hall–Kier alpha value is -3.75. The summed E-state index contributed by atoms with van der Waals surface area (Å²) >= 11 is 0. The Labute approximate surface area is 181 Å². The maximum absolute atomic E-state index is 12.3. The van der Waals surface area contributed by atoms with E-state index in [1.807, 2.05) is 18.2 Å². The number of aromatic nitrogens is 1. The molecule has 0 saturated heterocycles. The van der Waals surface area contributed by atoms with Gasteiger partial charge in [0, 0.05) is 18.7 Å². The predicted molar refractivity (Wildman–Crippen MR) is 111 cm³/mol. The summed E-state index contributed by atoms with van der Waals surface area (Å²) in [6, 6.07) is 12.8. The number of rotatable bonds is 6. The molecule has 2 heterocycles. The van der Waals surface area contributed by atoms with E-state index in [1.54, 1.807) is 12.1 Å². The molecule has 32 heavy (non-hydrogen) atoms. The minimum atomic E-state index is -4.73. The van der Waals surface area contributed by atoms with Crippen LogP contribution in [-0.2, 0) is 0 Å². The van der Waals surface area contributed by atoms with Crippen molar-refractivity contribution in [3.63, 3.8) is 0 Å². The lowest BCUT2D eigenvalue weighted by Gasteiger charge is -2.27. The smallest absolute Gasteiger partial charge is 0.493 e. The highest BCUT2D eigenvalue weighted by Crippen LogP contribution is 2.37. The molecule has 0 fully saturated rings. The molecule has 9 heteroatoms. The summed E-state index contributed by atoms with van der Waals surface area (Å²) in [5.41, 5.74) is 3.11. The normalized spacial score (nSPS) is 15.4. The molecular formula is C23H19F3N2O4. The number of ether oxygens (including phenoxy) is 2. The van der Waals surface area contributed by atoms with Crippen LogP contribution in [0.3, 0.4) is 0 Å². The van der Waals surface area contributed by atoms with Crippen LogP contribution in [0.15, 0.2) is 60.9 Å². The van der Waals surface area contributed by atoms with Gasteiger partial charge in [0.15, 0.2) is 0 Å². The number of halogens is 3.